The molecule has 0 unspecified atom stereocenters. The normalized spacial score (nSPS) is 12.9. The lowest BCUT2D eigenvalue weighted by Crippen LogP contribution is -2.38. The lowest BCUT2D eigenvalue weighted by molar-refractivity contribution is -0.145. The molecule has 1 saturated carbocycles. The second-order valence-corrected chi connectivity index (χ2v) is 6.71. The van der Waals surface area contributed by atoms with Crippen LogP contribution in [0.2, 0.25) is 0 Å². The molecule has 2 N–H and O–H groups in total. The average molecular weight is 382 g/mol. The number of amides is 2. The van der Waals surface area contributed by atoms with Crippen LogP contribution in [-0.4, -0.2) is 40.9 Å². The Hall–Kier alpha value is -3.35. The van der Waals surface area contributed by atoms with Gasteiger partial charge in [0, 0.05) is 24.2 Å². The summed E-state index contributed by atoms with van der Waals surface area (Å²) in [6.07, 6.45) is 1.83. The monoisotopic (exact) mass is 382 g/mol. The van der Waals surface area contributed by atoms with E-state index in [1.807, 2.05) is 30.3 Å². The van der Waals surface area contributed by atoms with Gasteiger partial charge in [-0.1, -0.05) is 36.4 Å². The molecular weight excluding hydrogens is 360 g/mol. The van der Waals surface area contributed by atoms with Gasteiger partial charge in [-0.3, -0.25) is 14.4 Å². The summed E-state index contributed by atoms with van der Waals surface area (Å²) in [6, 6.07) is 16.0. The average Bonchev–Trinajstić information content (AvgIpc) is 3.52. The van der Waals surface area contributed by atoms with E-state index < -0.39 is 18.4 Å². The molecule has 2 aromatic rings. The molecule has 1 aliphatic carbocycles. The minimum absolute atomic E-state index is 0.0104. The zero-order chi connectivity index (χ0) is 19.9. The van der Waals surface area contributed by atoms with Crippen molar-refractivity contribution in [1.29, 1.82) is 0 Å². The van der Waals surface area contributed by atoms with Crippen LogP contribution in [0.1, 0.15) is 18.4 Å². The number of hydrogen-bond donors (Lipinski definition) is 2. The maximum Gasteiger partial charge on any atom is 0.323 e. The number of nitrogens with one attached hydrogen (secondary N) is 1. The van der Waals surface area contributed by atoms with Crippen LogP contribution in [0.4, 0.5) is 5.69 Å². The molecule has 0 bridgehead atoms. The molecule has 1 fully saturated rings. The van der Waals surface area contributed by atoms with Crippen LogP contribution in [0.15, 0.2) is 54.6 Å². The van der Waals surface area contributed by atoms with Crippen LogP contribution in [0.25, 0.3) is 0 Å². The Kier molecular flexibility index (Phi) is 6.26. The molecule has 0 aliphatic heterocycles. The number of carbonyl (C=O) groups is 3. The summed E-state index contributed by atoms with van der Waals surface area (Å²) in [7, 11) is 0. The standard InChI is InChI=1S/C21H22N2O5/c24-19(23(13-20(25)26)12-15-5-2-1-3-6-15)14-28-18-8-4-7-17(11-18)22-21(27)16-9-10-16/h1-8,11,16H,9-10,12-14H2,(H,22,27)(H,25,26). The fourth-order valence-corrected chi connectivity index (χ4v) is 2.69. The Balaban J connectivity index is 1.58. The Bertz CT molecular complexity index is 849. The van der Waals surface area contributed by atoms with E-state index in [0.29, 0.717) is 11.4 Å². The summed E-state index contributed by atoms with van der Waals surface area (Å²) in [6.45, 7) is -0.512. The third-order valence-corrected chi connectivity index (χ3v) is 4.31. The summed E-state index contributed by atoms with van der Waals surface area (Å²) < 4.78 is 5.53. The van der Waals surface area contributed by atoms with E-state index in [9.17, 15) is 14.4 Å². The molecule has 2 aromatic carbocycles. The van der Waals surface area contributed by atoms with E-state index in [0.717, 1.165) is 18.4 Å². The second-order valence-electron chi connectivity index (χ2n) is 6.71. The molecule has 0 heterocycles. The number of anilines is 1. The number of rotatable bonds is 9. The minimum Gasteiger partial charge on any atom is -0.484 e. The van der Waals surface area contributed by atoms with E-state index in [1.54, 1.807) is 24.3 Å². The predicted molar refractivity (Wildman–Crippen MR) is 103 cm³/mol. The van der Waals surface area contributed by atoms with Crippen LogP contribution < -0.4 is 10.1 Å². The van der Waals surface area contributed by atoms with Crippen LogP contribution in [0, 0.1) is 5.92 Å². The second kappa shape index (κ2) is 9.03. The van der Waals surface area contributed by atoms with Gasteiger partial charge in [0.25, 0.3) is 5.91 Å². The van der Waals surface area contributed by atoms with Gasteiger partial charge < -0.3 is 20.1 Å². The van der Waals surface area contributed by atoms with Crippen molar-refractivity contribution in [1.82, 2.24) is 4.90 Å². The molecule has 7 nitrogen and oxygen atoms in total. The van der Waals surface area contributed by atoms with Crippen molar-refractivity contribution in [3.8, 4) is 5.75 Å². The van der Waals surface area contributed by atoms with E-state index >= 15 is 0 Å². The smallest absolute Gasteiger partial charge is 0.323 e. The SMILES string of the molecule is O=C(O)CN(Cc1ccccc1)C(=O)COc1cccc(NC(=O)C2CC2)c1. The van der Waals surface area contributed by atoms with Crippen LogP contribution in [0.5, 0.6) is 5.75 Å². The van der Waals surface area contributed by atoms with E-state index in [-0.39, 0.29) is 25.0 Å². The molecule has 0 radical (unpaired) electrons. The summed E-state index contributed by atoms with van der Waals surface area (Å²) in [5.74, 6) is -1.01. The van der Waals surface area contributed by atoms with Gasteiger partial charge in [0.2, 0.25) is 5.91 Å². The van der Waals surface area contributed by atoms with Gasteiger partial charge in [0.1, 0.15) is 12.3 Å². The number of carboxylic acids is 1. The van der Waals surface area contributed by atoms with E-state index in [2.05, 4.69) is 5.32 Å². The fraction of sp³-hybridized carbons (Fsp3) is 0.286. The predicted octanol–water partition coefficient (Wildman–Crippen LogP) is 2.53. The lowest BCUT2D eigenvalue weighted by atomic mass is 10.2. The summed E-state index contributed by atoms with van der Waals surface area (Å²) in [4.78, 5) is 36.7. The highest BCUT2D eigenvalue weighted by Crippen LogP contribution is 2.30. The molecule has 1 aliphatic rings. The molecule has 0 spiro atoms. The zero-order valence-corrected chi connectivity index (χ0v) is 15.3. The highest BCUT2D eigenvalue weighted by atomic mass is 16.5. The molecular formula is C21H22N2O5. The lowest BCUT2D eigenvalue weighted by Gasteiger charge is -2.21. The zero-order valence-electron chi connectivity index (χ0n) is 15.3. The number of hydrogen-bond acceptors (Lipinski definition) is 4. The first kappa shape index (κ1) is 19.4. The quantitative estimate of drug-likeness (QED) is 0.695. The number of carboxylic acid groups (broad SMARTS) is 1. The van der Waals surface area contributed by atoms with Crippen molar-refractivity contribution in [2.45, 2.75) is 19.4 Å². The van der Waals surface area contributed by atoms with Crippen molar-refractivity contribution >= 4 is 23.5 Å². The molecule has 146 valence electrons. The van der Waals surface area contributed by atoms with Gasteiger partial charge in [0.15, 0.2) is 6.61 Å². The van der Waals surface area contributed by atoms with Crippen molar-refractivity contribution in [3.05, 3.63) is 60.2 Å². The highest BCUT2D eigenvalue weighted by Gasteiger charge is 2.29. The van der Waals surface area contributed by atoms with Crippen molar-refractivity contribution in [3.63, 3.8) is 0 Å². The molecule has 2 amide bonds. The number of ether oxygens (including phenoxy) is 1. The topological polar surface area (TPSA) is 95.9 Å². The van der Waals surface area contributed by atoms with Gasteiger partial charge in [-0.05, 0) is 30.5 Å². The largest absolute Gasteiger partial charge is 0.484 e. The molecule has 28 heavy (non-hydrogen) atoms. The Labute approximate surface area is 162 Å². The van der Waals surface area contributed by atoms with Crippen molar-refractivity contribution in [2.75, 3.05) is 18.5 Å². The molecule has 3 rings (SSSR count). The first-order valence-corrected chi connectivity index (χ1v) is 9.08. The number of carbonyl (C=O) groups excluding carboxylic acids is 2. The summed E-state index contributed by atoms with van der Waals surface area (Å²) >= 11 is 0. The van der Waals surface area contributed by atoms with Gasteiger partial charge in [-0.15, -0.1) is 0 Å². The van der Waals surface area contributed by atoms with Crippen LogP contribution in [0.3, 0.4) is 0 Å². The van der Waals surface area contributed by atoms with Crippen molar-refractivity contribution < 1.29 is 24.2 Å². The third-order valence-electron chi connectivity index (χ3n) is 4.31. The van der Waals surface area contributed by atoms with Crippen molar-refractivity contribution in [2.24, 2.45) is 5.92 Å². The van der Waals surface area contributed by atoms with Crippen LogP contribution in [-0.2, 0) is 20.9 Å². The summed E-state index contributed by atoms with van der Waals surface area (Å²) in [5, 5.41) is 11.9. The van der Waals surface area contributed by atoms with E-state index in [4.69, 9.17) is 9.84 Å². The maximum atomic E-state index is 12.5. The summed E-state index contributed by atoms with van der Waals surface area (Å²) in [5.41, 5.74) is 1.44. The highest BCUT2D eigenvalue weighted by molar-refractivity contribution is 5.94. The van der Waals surface area contributed by atoms with Gasteiger partial charge >= 0.3 is 5.97 Å². The van der Waals surface area contributed by atoms with Gasteiger partial charge in [-0.2, -0.15) is 0 Å². The first-order valence-electron chi connectivity index (χ1n) is 9.08. The Morgan fingerprint density at radius 3 is 2.50 bits per heavy atom. The Morgan fingerprint density at radius 1 is 1.07 bits per heavy atom. The molecule has 7 heteroatoms. The number of nitrogens with zero attached hydrogens (tertiary/aromatic N) is 1. The molecule has 0 atom stereocenters. The minimum atomic E-state index is -1.09. The Morgan fingerprint density at radius 2 is 1.82 bits per heavy atom. The maximum absolute atomic E-state index is 12.5. The van der Waals surface area contributed by atoms with Crippen LogP contribution >= 0.6 is 0 Å². The number of benzene rings is 2. The van der Waals surface area contributed by atoms with Gasteiger partial charge in [-0.25, -0.2) is 0 Å². The van der Waals surface area contributed by atoms with E-state index in [1.165, 1.54) is 4.90 Å². The first-order chi connectivity index (χ1) is 13.5. The molecule has 0 aromatic heterocycles. The number of aliphatic carboxylic acids is 1. The van der Waals surface area contributed by atoms with Gasteiger partial charge in [0.05, 0.1) is 0 Å². The molecule has 0 saturated heterocycles. The fourth-order valence-electron chi connectivity index (χ4n) is 2.69. The third kappa shape index (κ3) is 5.84.